The van der Waals surface area contributed by atoms with Gasteiger partial charge in [-0.3, -0.25) is 19.4 Å². The number of likely N-dealkylation sites (tertiary alicyclic amines) is 1. The first-order valence-electron chi connectivity index (χ1n) is 11.3. The maximum atomic E-state index is 12.7. The van der Waals surface area contributed by atoms with Crippen LogP contribution >= 0.6 is 11.8 Å². The van der Waals surface area contributed by atoms with E-state index in [4.69, 9.17) is 0 Å². The molecular formula is C24H36N4O2S. The molecule has 2 fully saturated rings. The largest absolute Gasteiger partial charge is 0.341 e. The quantitative estimate of drug-likeness (QED) is 0.493. The van der Waals surface area contributed by atoms with Crippen molar-refractivity contribution in [3.8, 4) is 0 Å². The van der Waals surface area contributed by atoms with Crippen molar-refractivity contribution in [3.05, 3.63) is 36.9 Å². The maximum absolute atomic E-state index is 12.7. The van der Waals surface area contributed by atoms with Crippen LogP contribution in [-0.4, -0.2) is 84.6 Å². The van der Waals surface area contributed by atoms with Crippen molar-refractivity contribution in [1.29, 1.82) is 0 Å². The number of piperazine rings is 1. The minimum absolute atomic E-state index is 0.00692. The van der Waals surface area contributed by atoms with Gasteiger partial charge in [-0.2, -0.15) is 0 Å². The van der Waals surface area contributed by atoms with E-state index in [0.29, 0.717) is 24.9 Å². The van der Waals surface area contributed by atoms with Crippen molar-refractivity contribution in [2.45, 2.75) is 25.2 Å². The van der Waals surface area contributed by atoms with Gasteiger partial charge in [0.2, 0.25) is 11.8 Å². The first-order valence-corrected chi connectivity index (χ1v) is 12.3. The lowest BCUT2D eigenvalue weighted by Crippen LogP contribution is -2.52. The van der Waals surface area contributed by atoms with Gasteiger partial charge in [0.15, 0.2) is 0 Å². The predicted molar refractivity (Wildman–Crippen MR) is 128 cm³/mol. The number of nitrogens with zero attached hydrogens (tertiary/aromatic N) is 3. The zero-order chi connectivity index (χ0) is 22.2. The fourth-order valence-corrected chi connectivity index (χ4v) is 5.25. The van der Waals surface area contributed by atoms with Gasteiger partial charge in [-0.25, -0.2) is 0 Å². The third kappa shape index (κ3) is 7.37. The molecule has 0 saturated carbocycles. The molecule has 31 heavy (non-hydrogen) atoms. The van der Waals surface area contributed by atoms with Crippen LogP contribution in [0.3, 0.4) is 0 Å². The zero-order valence-corrected chi connectivity index (χ0v) is 19.7. The summed E-state index contributed by atoms with van der Waals surface area (Å²) < 4.78 is 0. The molecule has 2 heterocycles. The van der Waals surface area contributed by atoms with E-state index in [-0.39, 0.29) is 11.8 Å². The number of rotatable bonds is 8. The second-order valence-corrected chi connectivity index (χ2v) is 10.0. The van der Waals surface area contributed by atoms with Gasteiger partial charge in [0.25, 0.3) is 0 Å². The predicted octanol–water partition coefficient (Wildman–Crippen LogP) is 3.03. The van der Waals surface area contributed by atoms with Gasteiger partial charge in [-0.1, -0.05) is 32.1 Å². The number of carbonyl (C=O) groups is 2. The van der Waals surface area contributed by atoms with E-state index in [2.05, 4.69) is 35.5 Å². The minimum atomic E-state index is 0.00692. The fraction of sp³-hybridized carbons (Fsp3) is 0.583. The molecule has 6 nitrogen and oxygen atoms in total. The summed E-state index contributed by atoms with van der Waals surface area (Å²) in [5.41, 5.74) is 0.855. The lowest BCUT2D eigenvalue weighted by molar-refractivity contribution is -0.135. The van der Waals surface area contributed by atoms with Crippen LogP contribution in [-0.2, 0) is 9.59 Å². The molecule has 0 aliphatic carbocycles. The Morgan fingerprint density at radius 1 is 1.06 bits per heavy atom. The molecule has 0 aromatic heterocycles. The van der Waals surface area contributed by atoms with Crippen molar-refractivity contribution in [3.63, 3.8) is 0 Å². The van der Waals surface area contributed by atoms with Gasteiger partial charge in [-0.05, 0) is 30.4 Å². The lowest BCUT2D eigenvalue weighted by atomic mass is 9.92. The highest BCUT2D eigenvalue weighted by Gasteiger charge is 2.27. The Morgan fingerprint density at radius 3 is 2.32 bits per heavy atom. The number of thioether (sulfide) groups is 1. The second-order valence-electron chi connectivity index (χ2n) is 8.94. The van der Waals surface area contributed by atoms with Crippen molar-refractivity contribution in [2.24, 2.45) is 11.8 Å². The van der Waals surface area contributed by atoms with Crippen LogP contribution in [0.1, 0.15) is 20.3 Å². The Bertz CT molecular complexity index is 754. The number of hydrogen-bond acceptors (Lipinski definition) is 5. The molecule has 0 bridgehead atoms. The highest BCUT2D eigenvalue weighted by atomic mass is 32.2. The molecule has 2 saturated heterocycles. The zero-order valence-electron chi connectivity index (χ0n) is 18.9. The Morgan fingerprint density at radius 2 is 1.68 bits per heavy atom. The van der Waals surface area contributed by atoms with E-state index in [1.165, 1.54) is 6.42 Å². The number of para-hydroxylation sites is 1. The van der Waals surface area contributed by atoms with Crippen molar-refractivity contribution in [1.82, 2.24) is 14.7 Å². The summed E-state index contributed by atoms with van der Waals surface area (Å²) in [5.74, 6) is 2.24. The summed E-state index contributed by atoms with van der Waals surface area (Å²) in [5, 5.41) is 3.05. The summed E-state index contributed by atoms with van der Waals surface area (Å²) in [4.78, 5) is 32.8. The Balaban J connectivity index is 1.41. The summed E-state index contributed by atoms with van der Waals surface area (Å²) in [6, 6.07) is 7.87. The van der Waals surface area contributed by atoms with E-state index < -0.39 is 0 Å². The van der Waals surface area contributed by atoms with Crippen LogP contribution in [0.5, 0.6) is 0 Å². The highest BCUT2D eigenvalue weighted by Crippen LogP contribution is 2.27. The van der Waals surface area contributed by atoms with E-state index in [0.717, 1.165) is 55.6 Å². The van der Waals surface area contributed by atoms with Gasteiger partial charge < -0.3 is 10.2 Å². The molecule has 7 heteroatoms. The molecule has 3 rings (SSSR count). The Labute approximate surface area is 191 Å². The average molecular weight is 445 g/mol. The van der Waals surface area contributed by atoms with Crippen LogP contribution in [0, 0.1) is 11.8 Å². The van der Waals surface area contributed by atoms with Crippen LogP contribution in [0.25, 0.3) is 0 Å². The Kier molecular flexibility index (Phi) is 8.99. The Hall–Kier alpha value is -1.83. The molecule has 1 aromatic rings. The summed E-state index contributed by atoms with van der Waals surface area (Å²) >= 11 is 1.66. The molecule has 2 unspecified atom stereocenters. The fourth-order valence-electron chi connectivity index (χ4n) is 4.50. The minimum Gasteiger partial charge on any atom is -0.341 e. The number of carbonyl (C=O) groups excluding carboxylic acids is 2. The third-order valence-corrected chi connectivity index (χ3v) is 7.00. The van der Waals surface area contributed by atoms with Crippen molar-refractivity contribution in [2.75, 3.05) is 63.4 Å². The van der Waals surface area contributed by atoms with Crippen LogP contribution < -0.4 is 5.32 Å². The SMILES string of the molecule is C=CCSc1ccccc1NC(=O)CN1CCN(CC(=O)N2CC(C)CC(C)C2)CC1. The third-order valence-electron chi connectivity index (χ3n) is 5.93. The first kappa shape index (κ1) is 23.8. The topological polar surface area (TPSA) is 55.9 Å². The standard InChI is InChI=1S/C24H36N4O2S/c1-4-13-31-22-8-6-5-7-21(22)25-23(29)17-26-9-11-27(12-10-26)18-24(30)28-15-19(2)14-20(3)16-28/h4-8,19-20H,1,9-18H2,2-3H3,(H,25,29). The summed E-state index contributed by atoms with van der Waals surface area (Å²) in [6.07, 6.45) is 3.07. The van der Waals surface area contributed by atoms with E-state index in [9.17, 15) is 9.59 Å². The molecule has 2 atom stereocenters. The molecule has 170 valence electrons. The second kappa shape index (κ2) is 11.7. The normalized spacial score (nSPS) is 22.8. The smallest absolute Gasteiger partial charge is 0.238 e. The maximum Gasteiger partial charge on any atom is 0.238 e. The number of nitrogens with one attached hydrogen (secondary N) is 1. The van der Waals surface area contributed by atoms with Gasteiger partial charge in [0, 0.05) is 49.9 Å². The van der Waals surface area contributed by atoms with Crippen molar-refractivity contribution >= 4 is 29.3 Å². The van der Waals surface area contributed by atoms with Gasteiger partial charge in [0.05, 0.1) is 18.8 Å². The molecule has 1 N–H and O–H groups in total. The van der Waals surface area contributed by atoms with Crippen molar-refractivity contribution < 1.29 is 9.59 Å². The van der Waals surface area contributed by atoms with Crippen LogP contribution in [0.4, 0.5) is 5.69 Å². The van der Waals surface area contributed by atoms with E-state index in [1.54, 1.807) is 11.8 Å². The van der Waals surface area contributed by atoms with Gasteiger partial charge in [-0.15, -0.1) is 18.3 Å². The summed E-state index contributed by atoms with van der Waals surface area (Å²) in [7, 11) is 0. The average Bonchev–Trinajstić information content (AvgIpc) is 2.74. The number of anilines is 1. The van der Waals surface area contributed by atoms with E-state index in [1.807, 2.05) is 35.2 Å². The number of benzene rings is 1. The number of hydrogen-bond donors (Lipinski definition) is 1. The highest BCUT2D eigenvalue weighted by molar-refractivity contribution is 7.99. The van der Waals surface area contributed by atoms with Crippen LogP contribution in [0.2, 0.25) is 0 Å². The molecular weight excluding hydrogens is 408 g/mol. The number of piperidine rings is 1. The molecule has 0 radical (unpaired) electrons. The molecule has 1 aromatic carbocycles. The molecule has 2 aliphatic heterocycles. The monoisotopic (exact) mass is 444 g/mol. The van der Waals surface area contributed by atoms with Gasteiger partial charge in [0.1, 0.15) is 0 Å². The molecule has 2 amide bonds. The first-order chi connectivity index (χ1) is 14.9. The van der Waals surface area contributed by atoms with Gasteiger partial charge >= 0.3 is 0 Å². The molecule has 0 spiro atoms. The lowest BCUT2D eigenvalue weighted by Gasteiger charge is -2.38. The van der Waals surface area contributed by atoms with E-state index >= 15 is 0 Å². The summed E-state index contributed by atoms with van der Waals surface area (Å²) in [6.45, 7) is 14.1. The van der Waals surface area contributed by atoms with Crippen LogP contribution in [0.15, 0.2) is 41.8 Å². The molecule has 2 aliphatic rings. The number of amides is 2.